The van der Waals surface area contributed by atoms with Crippen LogP contribution in [0.1, 0.15) is 22.7 Å². The Morgan fingerprint density at radius 2 is 2.00 bits per heavy atom. The minimum absolute atomic E-state index is 0.00502. The van der Waals surface area contributed by atoms with Crippen molar-refractivity contribution in [3.05, 3.63) is 63.4 Å². The molecule has 1 unspecified atom stereocenters. The Hall–Kier alpha value is -0.840. The van der Waals surface area contributed by atoms with Crippen LogP contribution in [-0.2, 0) is 0 Å². The standard InChI is InChI=1S/C17H19BrFNS/c1-11-7-12(2)17(15(19)8-11)16(20-3)10-21-14-6-4-5-13(18)9-14/h4-9,16,20H,10H2,1-3H3. The quantitative estimate of drug-likeness (QED) is 0.723. The lowest BCUT2D eigenvalue weighted by atomic mass is 9.99. The average Bonchev–Trinajstić information content (AvgIpc) is 2.41. The Bertz CT molecular complexity index is 607. The summed E-state index contributed by atoms with van der Waals surface area (Å²) in [4.78, 5) is 1.18. The third-order valence-electron chi connectivity index (χ3n) is 3.39. The van der Waals surface area contributed by atoms with Crippen molar-refractivity contribution in [1.29, 1.82) is 0 Å². The Kier molecular flexibility index (Phi) is 5.85. The largest absolute Gasteiger partial charge is 0.312 e. The van der Waals surface area contributed by atoms with Crippen molar-refractivity contribution in [2.45, 2.75) is 24.8 Å². The summed E-state index contributed by atoms with van der Waals surface area (Å²) in [6.07, 6.45) is 0. The summed E-state index contributed by atoms with van der Waals surface area (Å²) in [6.45, 7) is 3.89. The molecule has 0 aromatic heterocycles. The highest BCUT2D eigenvalue weighted by Gasteiger charge is 2.17. The van der Waals surface area contributed by atoms with E-state index in [0.717, 1.165) is 26.9 Å². The molecule has 21 heavy (non-hydrogen) atoms. The van der Waals surface area contributed by atoms with Gasteiger partial charge in [0.2, 0.25) is 0 Å². The lowest BCUT2D eigenvalue weighted by Crippen LogP contribution is -2.21. The highest BCUT2D eigenvalue weighted by molar-refractivity contribution is 9.10. The van der Waals surface area contributed by atoms with E-state index in [2.05, 4.69) is 33.4 Å². The molecule has 4 heteroatoms. The van der Waals surface area contributed by atoms with E-state index in [0.29, 0.717) is 0 Å². The summed E-state index contributed by atoms with van der Waals surface area (Å²) in [6, 6.07) is 11.8. The number of benzene rings is 2. The van der Waals surface area contributed by atoms with Crippen molar-refractivity contribution in [2.75, 3.05) is 12.8 Å². The van der Waals surface area contributed by atoms with Crippen LogP contribution in [0.25, 0.3) is 0 Å². The van der Waals surface area contributed by atoms with Crippen LogP contribution in [0, 0.1) is 19.7 Å². The number of hydrogen-bond donors (Lipinski definition) is 1. The molecule has 2 aromatic carbocycles. The summed E-state index contributed by atoms with van der Waals surface area (Å²) in [5.74, 6) is 0.662. The highest BCUT2D eigenvalue weighted by atomic mass is 79.9. The molecule has 1 atom stereocenters. The van der Waals surface area contributed by atoms with Crippen LogP contribution in [0.15, 0.2) is 45.8 Å². The van der Waals surface area contributed by atoms with Crippen molar-refractivity contribution >= 4 is 27.7 Å². The molecular formula is C17H19BrFNS. The predicted octanol–water partition coefficient (Wildman–Crippen LogP) is 5.26. The van der Waals surface area contributed by atoms with E-state index in [1.54, 1.807) is 17.8 Å². The van der Waals surface area contributed by atoms with Gasteiger partial charge in [-0.1, -0.05) is 28.1 Å². The van der Waals surface area contributed by atoms with E-state index < -0.39 is 0 Å². The zero-order valence-corrected chi connectivity index (χ0v) is 14.8. The summed E-state index contributed by atoms with van der Waals surface area (Å²) in [5, 5.41) is 3.23. The van der Waals surface area contributed by atoms with Gasteiger partial charge in [0.25, 0.3) is 0 Å². The van der Waals surface area contributed by atoms with Gasteiger partial charge in [0, 0.05) is 26.7 Å². The number of aryl methyl sites for hydroxylation is 2. The van der Waals surface area contributed by atoms with E-state index in [1.807, 2.05) is 39.1 Å². The molecule has 0 aliphatic rings. The van der Waals surface area contributed by atoms with E-state index in [-0.39, 0.29) is 11.9 Å². The Morgan fingerprint density at radius 1 is 1.24 bits per heavy atom. The first-order chi connectivity index (χ1) is 10.0. The van der Waals surface area contributed by atoms with E-state index in [1.165, 1.54) is 4.90 Å². The van der Waals surface area contributed by atoms with Gasteiger partial charge in [-0.15, -0.1) is 11.8 Å². The smallest absolute Gasteiger partial charge is 0.128 e. The van der Waals surface area contributed by atoms with Crippen LogP contribution in [0.5, 0.6) is 0 Å². The molecule has 1 N–H and O–H groups in total. The molecule has 0 aliphatic carbocycles. The summed E-state index contributed by atoms with van der Waals surface area (Å²) < 4.78 is 15.3. The maximum absolute atomic E-state index is 14.3. The fourth-order valence-corrected chi connectivity index (χ4v) is 4.04. The van der Waals surface area contributed by atoms with Crippen molar-refractivity contribution in [3.63, 3.8) is 0 Å². The van der Waals surface area contributed by atoms with Crippen molar-refractivity contribution < 1.29 is 4.39 Å². The van der Waals surface area contributed by atoms with Gasteiger partial charge in [0.05, 0.1) is 0 Å². The van der Waals surface area contributed by atoms with Crippen LogP contribution in [0.2, 0.25) is 0 Å². The molecule has 112 valence electrons. The van der Waals surface area contributed by atoms with Crippen LogP contribution in [0.4, 0.5) is 4.39 Å². The second kappa shape index (κ2) is 7.43. The molecule has 0 fully saturated rings. The topological polar surface area (TPSA) is 12.0 Å². The van der Waals surface area contributed by atoms with Crippen LogP contribution in [0.3, 0.4) is 0 Å². The molecule has 0 saturated carbocycles. The second-order valence-electron chi connectivity index (χ2n) is 5.09. The maximum Gasteiger partial charge on any atom is 0.128 e. The molecule has 0 spiro atoms. The van der Waals surface area contributed by atoms with Gasteiger partial charge in [0.15, 0.2) is 0 Å². The minimum atomic E-state index is -0.123. The van der Waals surface area contributed by atoms with Crippen LogP contribution >= 0.6 is 27.7 Å². The van der Waals surface area contributed by atoms with Gasteiger partial charge in [-0.2, -0.15) is 0 Å². The normalized spacial score (nSPS) is 12.4. The molecule has 0 heterocycles. The molecule has 1 nitrogen and oxygen atoms in total. The van der Waals surface area contributed by atoms with Gasteiger partial charge in [-0.3, -0.25) is 0 Å². The molecule has 0 bridgehead atoms. The second-order valence-corrected chi connectivity index (χ2v) is 7.10. The average molecular weight is 368 g/mol. The maximum atomic E-state index is 14.3. The first kappa shape index (κ1) is 16.5. The zero-order chi connectivity index (χ0) is 15.4. The van der Waals surface area contributed by atoms with Crippen molar-refractivity contribution in [2.24, 2.45) is 0 Å². The fraction of sp³-hybridized carbons (Fsp3) is 0.294. The number of rotatable bonds is 5. The highest BCUT2D eigenvalue weighted by Crippen LogP contribution is 2.29. The minimum Gasteiger partial charge on any atom is -0.312 e. The molecule has 2 aromatic rings. The Balaban J connectivity index is 2.17. The lowest BCUT2D eigenvalue weighted by Gasteiger charge is -2.20. The third-order valence-corrected chi connectivity index (χ3v) is 4.97. The van der Waals surface area contributed by atoms with Crippen molar-refractivity contribution in [3.8, 4) is 0 Å². The number of halogens is 2. The third kappa shape index (κ3) is 4.31. The molecule has 0 aliphatic heterocycles. The van der Waals surface area contributed by atoms with Gasteiger partial charge in [-0.25, -0.2) is 4.39 Å². The molecule has 0 saturated heterocycles. The predicted molar refractivity (Wildman–Crippen MR) is 92.5 cm³/mol. The molecule has 2 rings (SSSR count). The SMILES string of the molecule is CNC(CSc1cccc(Br)c1)c1c(C)cc(C)cc1F. The number of nitrogens with one attached hydrogen (secondary N) is 1. The molecular weight excluding hydrogens is 349 g/mol. The van der Waals surface area contributed by atoms with Crippen LogP contribution < -0.4 is 5.32 Å². The monoisotopic (exact) mass is 367 g/mol. The summed E-state index contributed by atoms with van der Waals surface area (Å²) in [5.41, 5.74) is 2.73. The van der Waals surface area contributed by atoms with Gasteiger partial charge in [-0.05, 0) is 56.3 Å². The first-order valence-electron chi connectivity index (χ1n) is 6.83. The van der Waals surface area contributed by atoms with Gasteiger partial charge in [0.1, 0.15) is 5.82 Å². The number of hydrogen-bond acceptors (Lipinski definition) is 2. The summed E-state index contributed by atoms with van der Waals surface area (Å²) >= 11 is 5.20. The fourth-order valence-electron chi connectivity index (χ4n) is 2.42. The molecule has 0 radical (unpaired) electrons. The zero-order valence-electron chi connectivity index (χ0n) is 12.4. The Morgan fingerprint density at radius 3 is 2.62 bits per heavy atom. The summed E-state index contributed by atoms with van der Waals surface area (Å²) in [7, 11) is 1.88. The van der Waals surface area contributed by atoms with Gasteiger partial charge >= 0.3 is 0 Å². The Labute approximate surface area is 138 Å². The molecule has 0 amide bonds. The van der Waals surface area contributed by atoms with Crippen LogP contribution in [-0.4, -0.2) is 12.8 Å². The van der Waals surface area contributed by atoms with E-state index >= 15 is 0 Å². The van der Waals surface area contributed by atoms with E-state index in [9.17, 15) is 4.39 Å². The number of thioether (sulfide) groups is 1. The van der Waals surface area contributed by atoms with Crippen molar-refractivity contribution in [1.82, 2.24) is 5.32 Å². The van der Waals surface area contributed by atoms with Gasteiger partial charge < -0.3 is 5.32 Å². The first-order valence-corrected chi connectivity index (χ1v) is 8.61. The van der Waals surface area contributed by atoms with E-state index in [4.69, 9.17) is 0 Å². The lowest BCUT2D eigenvalue weighted by molar-refractivity contribution is 0.561.